The van der Waals surface area contributed by atoms with Crippen LogP contribution in [0.3, 0.4) is 0 Å². The summed E-state index contributed by atoms with van der Waals surface area (Å²) >= 11 is 1.90. The van der Waals surface area contributed by atoms with E-state index in [1.807, 2.05) is 16.7 Å². The minimum absolute atomic E-state index is 0.00400. The molecule has 7 heteroatoms. The van der Waals surface area contributed by atoms with Gasteiger partial charge in [-0.25, -0.2) is 13.2 Å². The van der Waals surface area contributed by atoms with Crippen molar-refractivity contribution in [3.8, 4) is 0 Å². The molecule has 0 unspecified atom stereocenters. The molecule has 0 saturated carbocycles. The molecule has 2 saturated heterocycles. The van der Waals surface area contributed by atoms with Gasteiger partial charge in [0.05, 0.1) is 11.5 Å². The van der Waals surface area contributed by atoms with Crippen molar-refractivity contribution < 1.29 is 13.2 Å². The lowest BCUT2D eigenvalue weighted by atomic mass is 10.1. The molecule has 2 aliphatic heterocycles. The Hall–Kier alpha value is -1.21. The molecule has 2 heterocycles. The average Bonchev–Trinajstić information content (AvgIpc) is 2.59. The van der Waals surface area contributed by atoms with Crippen molar-refractivity contribution in [3.05, 3.63) is 29.8 Å². The fourth-order valence-electron chi connectivity index (χ4n) is 3.29. The molecule has 2 amide bonds. The molecule has 0 spiro atoms. The standard InChI is InChI=1S/C18H26N2O3S2/c1-14-2-4-16(5-3-14)24-17-6-10-20(11-7-17)18(21)19-15-8-12-25(22,23)13-9-15/h2-5,15,17H,6-13H2,1H3,(H,19,21). The summed E-state index contributed by atoms with van der Waals surface area (Å²) < 4.78 is 22.9. The lowest BCUT2D eigenvalue weighted by molar-refractivity contribution is 0.182. The van der Waals surface area contributed by atoms with Gasteiger partial charge in [0.1, 0.15) is 9.84 Å². The summed E-state index contributed by atoms with van der Waals surface area (Å²) in [4.78, 5) is 15.5. The Morgan fingerprint density at radius 2 is 1.68 bits per heavy atom. The van der Waals surface area contributed by atoms with Crippen LogP contribution < -0.4 is 5.32 Å². The normalized spacial score (nSPS) is 21.9. The number of aryl methyl sites for hydroxylation is 1. The van der Waals surface area contributed by atoms with E-state index in [2.05, 4.69) is 36.5 Å². The van der Waals surface area contributed by atoms with Crippen molar-refractivity contribution >= 4 is 27.6 Å². The fraction of sp³-hybridized carbons (Fsp3) is 0.611. The van der Waals surface area contributed by atoms with E-state index < -0.39 is 9.84 Å². The molecule has 1 N–H and O–H groups in total. The number of hydrogen-bond donors (Lipinski definition) is 1. The number of piperidine rings is 1. The third-order valence-corrected chi connectivity index (χ3v) is 8.00. The molecule has 3 rings (SSSR count). The van der Waals surface area contributed by atoms with Crippen molar-refractivity contribution in [2.24, 2.45) is 0 Å². The van der Waals surface area contributed by atoms with Crippen LogP contribution in [-0.4, -0.2) is 55.2 Å². The summed E-state index contributed by atoms with van der Waals surface area (Å²) in [5, 5.41) is 3.56. The minimum atomic E-state index is -2.88. The van der Waals surface area contributed by atoms with Gasteiger partial charge in [0.25, 0.3) is 0 Å². The van der Waals surface area contributed by atoms with E-state index in [0.717, 1.165) is 25.9 Å². The maximum Gasteiger partial charge on any atom is 0.317 e. The maximum absolute atomic E-state index is 12.4. The first-order valence-corrected chi connectivity index (χ1v) is 11.6. The van der Waals surface area contributed by atoms with Crippen LogP contribution in [0.5, 0.6) is 0 Å². The Balaban J connectivity index is 1.42. The van der Waals surface area contributed by atoms with Gasteiger partial charge in [-0.3, -0.25) is 0 Å². The van der Waals surface area contributed by atoms with E-state index in [-0.39, 0.29) is 23.6 Å². The molecule has 0 radical (unpaired) electrons. The smallest absolute Gasteiger partial charge is 0.317 e. The van der Waals surface area contributed by atoms with Crippen LogP contribution in [0.25, 0.3) is 0 Å². The van der Waals surface area contributed by atoms with Gasteiger partial charge in [0.15, 0.2) is 0 Å². The molecule has 0 atom stereocenters. The van der Waals surface area contributed by atoms with Gasteiger partial charge in [0, 0.05) is 29.3 Å². The Morgan fingerprint density at radius 3 is 2.28 bits per heavy atom. The number of hydrogen-bond acceptors (Lipinski definition) is 4. The zero-order chi connectivity index (χ0) is 17.9. The van der Waals surface area contributed by atoms with Crippen LogP contribution in [0, 0.1) is 6.92 Å². The maximum atomic E-state index is 12.4. The van der Waals surface area contributed by atoms with E-state index in [4.69, 9.17) is 0 Å². The van der Waals surface area contributed by atoms with E-state index in [1.54, 1.807) is 0 Å². The van der Waals surface area contributed by atoms with Crippen LogP contribution in [0.2, 0.25) is 0 Å². The molecular weight excluding hydrogens is 356 g/mol. The number of likely N-dealkylation sites (tertiary alicyclic amines) is 1. The molecule has 1 aromatic carbocycles. The number of benzene rings is 1. The lowest BCUT2D eigenvalue weighted by Crippen LogP contribution is -2.50. The molecule has 0 bridgehead atoms. The van der Waals surface area contributed by atoms with Crippen LogP contribution in [0.15, 0.2) is 29.2 Å². The van der Waals surface area contributed by atoms with Gasteiger partial charge in [-0.15, -0.1) is 11.8 Å². The molecule has 138 valence electrons. The molecule has 25 heavy (non-hydrogen) atoms. The van der Waals surface area contributed by atoms with Gasteiger partial charge in [-0.1, -0.05) is 17.7 Å². The second-order valence-electron chi connectivity index (χ2n) is 6.99. The van der Waals surface area contributed by atoms with Crippen LogP contribution in [0.4, 0.5) is 4.79 Å². The van der Waals surface area contributed by atoms with E-state index in [0.29, 0.717) is 18.1 Å². The van der Waals surface area contributed by atoms with Gasteiger partial charge in [0.2, 0.25) is 0 Å². The number of carbonyl (C=O) groups is 1. The zero-order valence-corrected chi connectivity index (χ0v) is 16.2. The predicted molar refractivity (Wildman–Crippen MR) is 102 cm³/mol. The number of urea groups is 1. The summed E-state index contributed by atoms with van der Waals surface area (Å²) in [6.07, 6.45) is 3.05. The van der Waals surface area contributed by atoms with Gasteiger partial charge in [-0.05, 0) is 44.7 Å². The van der Waals surface area contributed by atoms with E-state index >= 15 is 0 Å². The number of thioether (sulfide) groups is 1. The largest absolute Gasteiger partial charge is 0.335 e. The predicted octanol–water partition coefficient (Wildman–Crippen LogP) is 2.84. The van der Waals surface area contributed by atoms with Crippen molar-refractivity contribution in [1.29, 1.82) is 0 Å². The van der Waals surface area contributed by atoms with Crippen LogP contribution in [-0.2, 0) is 9.84 Å². The highest BCUT2D eigenvalue weighted by Crippen LogP contribution is 2.30. The zero-order valence-electron chi connectivity index (χ0n) is 14.6. The Morgan fingerprint density at radius 1 is 1.08 bits per heavy atom. The molecule has 2 fully saturated rings. The van der Waals surface area contributed by atoms with Gasteiger partial charge >= 0.3 is 6.03 Å². The van der Waals surface area contributed by atoms with E-state index in [1.165, 1.54) is 10.5 Å². The lowest BCUT2D eigenvalue weighted by Gasteiger charge is -2.33. The highest BCUT2D eigenvalue weighted by atomic mass is 32.2. The summed E-state index contributed by atoms with van der Waals surface area (Å²) in [6.45, 7) is 3.62. The summed E-state index contributed by atoms with van der Waals surface area (Å²) in [7, 11) is -2.88. The highest BCUT2D eigenvalue weighted by molar-refractivity contribution is 8.00. The first kappa shape index (κ1) is 18.6. The molecular formula is C18H26N2O3S2. The Kier molecular flexibility index (Phi) is 5.94. The summed E-state index contributed by atoms with van der Waals surface area (Å²) in [6, 6.07) is 8.55. The minimum Gasteiger partial charge on any atom is -0.335 e. The van der Waals surface area contributed by atoms with Crippen LogP contribution in [0.1, 0.15) is 31.2 Å². The molecule has 0 aliphatic carbocycles. The van der Waals surface area contributed by atoms with Crippen molar-refractivity contribution in [2.75, 3.05) is 24.6 Å². The third-order valence-electron chi connectivity index (χ3n) is 4.94. The van der Waals surface area contributed by atoms with Gasteiger partial charge < -0.3 is 10.2 Å². The third kappa shape index (κ3) is 5.38. The van der Waals surface area contributed by atoms with Crippen molar-refractivity contribution in [1.82, 2.24) is 10.2 Å². The first-order valence-electron chi connectivity index (χ1n) is 8.90. The van der Waals surface area contributed by atoms with E-state index in [9.17, 15) is 13.2 Å². The molecule has 1 aromatic rings. The van der Waals surface area contributed by atoms with Crippen molar-refractivity contribution in [3.63, 3.8) is 0 Å². The number of nitrogens with zero attached hydrogens (tertiary/aromatic N) is 1. The Labute approximate surface area is 154 Å². The quantitative estimate of drug-likeness (QED) is 0.873. The molecule has 0 aromatic heterocycles. The summed E-state index contributed by atoms with van der Waals surface area (Å²) in [5.41, 5.74) is 1.27. The number of sulfone groups is 1. The number of carbonyl (C=O) groups excluding carboxylic acids is 1. The molecule has 5 nitrogen and oxygen atoms in total. The summed E-state index contributed by atoms with van der Waals surface area (Å²) in [5.74, 6) is 0.375. The van der Waals surface area contributed by atoms with Crippen LogP contribution >= 0.6 is 11.8 Å². The second-order valence-corrected chi connectivity index (χ2v) is 10.7. The first-order chi connectivity index (χ1) is 11.9. The number of nitrogens with one attached hydrogen (secondary N) is 1. The SMILES string of the molecule is Cc1ccc(SC2CCN(C(=O)NC3CCS(=O)(=O)CC3)CC2)cc1. The average molecular weight is 383 g/mol. The number of rotatable bonds is 3. The molecule has 2 aliphatic rings. The van der Waals surface area contributed by atoms with Gasteiger partial charge in [-0.2, -0.15) is 0 Å². The number of amides is 2. The van der Waals surface area contributed by atoms with Crippen molar-refractivity contribution in [2.45, 2.75) is 48.8 Å². The Bertz CT molecular complexity index is 682. The second kappa shape index (κ2) is 7.99. The highest BCUT2D eigenvalue weighted by Gasteiger charge is 2.28. The monoisotopic (exact) mass is 382 g/mol. The fourth-order valence-corrected chi connectivity index (χ4v) is 5.90. The topological polar surface area (TPSA) is 66.5 Å².